The highest BCUT2D eigenvalue weighted by molar-refractivity contribution is 5.45. The fourth-order valence-corrected chi connectivity index (χ4v) is 1.62. The second-order valence-electron chi connectivity index (χ2n) is 3.58. The molecule has 0 aliphatic carbocycles. The van der Waals surface area contributed by atoms with E-state index in [0.29, 0.717) is 12.1 Å². The molecule has 0 radical (unpaired) electrons. The number of rotatable bonds is 3. The van der Waals surface area contributed by atoms with Crippen LogP contribution in [-0.4, -0.2) is 19.9 Å². The number of hydrogen-bond donors (Lipinski definition) is 1. The summed E-state index contributed by atoms with van der Waals surface area (Å²) in [6.07, 6.45) is 0.523. The summed E-state index contributed by atoms with van der Waals surface area (Å²) >= 11 is 0. The van der Waals surface area contributed by atoms with Crippen molar-refractivity contribution < 1.29 is 9.31 Å². The maximum atomic E-state index is 13.8. The smallest absolute Gasteiger partial charge is 0.272 e. The van der Waals surface area contributed by atoms with Gasteiger partial charge in [-0.25, -0.2) is 9.07 Å². The van der Waals surface area contributed by atoms with Gasteiger partial charge in [-0.15, -0.1) is 5.10 Å². The molecule has 1 aromatic heterocycles. The summed E-state index contributed by atoms with van der Waals surface area (Å²) in [5.41, 5.74) is 5.92. The third-order valence-electron chi connectivity index (χ3n) is 2.50. The topological polar surface area (TPSA) is 99.9 Å². The number of nitrogens with zero attached hydrogens (tertiary/aromatic N) is 4. The molecule has 0 atom stereocenters. The van der Waals surface area contributed by atoms with Gasteiger partial charge in [0.25, 0.3) is 5.69 Å². The Morgan fingerprint density at radius 1 is 1.56 bits per heavy atom. The first-order valence-electron chi connectivity index (χ1n) is 5.19. The standard InChI is InChI=1S/C10H10FN5O2/c1-2-8-10(12)13-14-15(8)9-4-3-6(16(17)18)5-7(9)11/h3-5H,2,12H2,1H3. The number of hydrogen-bond acceptors (Lipinski definition) is 5. The third kappa shape index (κ3) is 1.88. The number of nitrogen functional groups attached to an aromatic ring is 1. The number of non-ortho nitro benzene ring substituents is 1. The van der Waals surface area contributed by atoms with Crippen molar-refractivity contribution in [2.45, 2.75) is 13.3 Å². The Kier molecular flexibility index (Phi) is 2.92. The van der Waals surface area contributed by atoms with E-state index in [9.17, 15) is 14.5 Å². The van der Waals surface area contributed by atoms with E-state index >= 15 is 0 Å². The molecule has 0 spiro atoms. The number of halogens is 1. The van der Waals surface area contributed by atoms with E-state index in [0.717, 1.165) is 6.07 Å². The van der Waals surface area contributed by atoms with Crippen molar-refractivity contribution in [3.05, 3.63) is 39.8 Å². The largest absolute Gasteiger partial charge is 0.381 e. The van der Waals surface area contributed by atoms with Gasteiger partial charge in [0.2, 0.25) is 0 Å². The summed E-state index contributed by atoms with van der Waals surface area (Å²) in [6.45, 7) is 1.83. The van der Waals surface area contributed by atoms with E-state index in [4.69, 9.17) is 5.73 Å². The molecule has 0 unspecified atom stereocenters. The molecule has 0 saturated heterocycles. The van der Waals surface area contributed by atoms with Crippen LogP contribution in [-0.2, 0) is 6.42 Å². The molecule has 8 heteroatoms. The molecule has 0 fully saturated rings. The number of nitrogens with two attached hydrogens (primary N) is 1. The summed E-state index contributed by atoms with van der Waals surface area (Å²) < 4.78 is 15.0. The zero-order valence-corrected chi connectivity index (χ0v) is 9.50. The quantitative estimate of drug-likeness (QED) is 0.657. The third-order valence-corrected chi connectivity index (χ3v) is 2.50. The van der Waals surface area contributed by atoms with Gasteiger partial charge in [-0.05, 0) is 12.5 Å². The van der Waals surface area contributed by atoms with Crippen molar-refractivity contribution in [3.63, 3.8) is 0 Å². The van der Waals surface area contributed by atoms with Gasteiger partial charge in [0.05, 0.1) is 16.7 Å². The van der Waals surface area contributed by atoms with Gasteiger partial charge in [0, 0.05) is 6.07 Å². The monoisotopic (exact) mass is 251 g/mol. The molecule has 94 valence electrons. The van der Waals surface area contributed by atoms with Crippen molar-refractivity contribution in [1.82, 2.24) is 15.0 Å². The highest BCUT2D eigenvalue weighted by Gasteiger charge is 2.16. The number of benzene rings is 1. The lowest BCUT2D eigenvalue weighted by Crippen LogP contribution is -2.05. The molecular weight excluding hydrogens is 241 g/mol. The van der Waals surface area contributed by atoms with Crippen molar-refractivity contribution in [2.75, 3.05) is 5.73 Å². The van der Waals surface area contributed by atoms with Gasteiger partial charge in [-0.2, -0.15) is 0 Å². The fourth-order valence-electron chi connectivity index (χ4n) is 1.62. The van der Waals surface area contributed by atoms with Crippen LogP contribution in [0.4, 0.5) is 15.9 Å². The molecule has 0 saturated carbocycles. The minimum absolute atomic E-state index is 0.0849. The molecule has 0 aliphatic heterocycles. The molecule has 2 rings (SSSR count). The average Bonchev–Trinajstić information content (AvgIpc) is 2.70. The molecule has 7 nitrogen and oxygen atoms in total. The van der Waals surface area contributed by atoms with Crippen LogP contribution in [0, 0.1) is 15.9 Å². The number of aromatic nitrogens is 3. The van der Waals surface area contributed by atoms with E-state index in [1.54, 1.807) is 0 Å². The van der Waals surface area contributed by atoms with Crippen molar-refractivity contribution in [1.29, 1.82) is 0 Å². The van der Waals surface area contributed by atoms with Gasteiger partial charge in [-0.3, -0.25) is 10.1 Å². The second-order valence-corrected chi connectivity index (χ2v) is 3.58. The Hall–Kier alpha value is -2.51. The van der Waals surface area contributed by atoms with Crippen LogP contribution >= 0.6 is 0 Å². The van der Waals surface area contributed by atoms with Crippen molar-refractivity contribution in [2.24, 2.45) is 0 Å². The molecule has 2 N–H and O–H groups in total. The minimum Gasteiger partial charge on any atom is -0.381 e. The highest BCUT2D eigenvalue weighted by atomic mass is 19.1. The van der Waals surface area contributed by atoms with Crippen LogP contribution in [0.3, 0.4) is 0 Å². The van der Waals surface area contributed by atoms with E-state index in [-0.39, 0.29) is 17.2 Å². The van der Waals surface area contributed by atoms with Gasteiger partial charge in [0.1, 0.15) is 5.69 Å². The maximum absolute atomic E-state index is 13.8. The van der Waals surface area contributed by atoms with Crippen LogP contribution < -0.4 is 5.73 Å². The number of nitro benzene ring substituents is 1. The summed E-state index contributed by atoms with van der Waals surface area (Å²) in [4.78, 5) is 9.85. The molecule has 0 bridgehead atoms. The Morgan fingerprint density at radius 3 is 2.83 bits per heavy atom. The van der Waals surface area contributed by atoms with Crippen LogP contribution in [0.25, 0.3) is 5.69 Å². The maximum Gasteiger partial charge on any atom is 0.272 e. The predicted molar refractivity (Wildman–Crippen MR) is 61.8 cm³/mol. The highest BCUT2D eigenvalue weighted by Crippen LogP contribution is 2.22. The lowest BCUT2D eigenvalue weighted by Gasteiger charge is -2.05. The second kappa shape index (κ2) is 4.40. The first-order chi connectivity index (χ1) is 8.54. The molecule has 18 heavy (non-hydrogen) atoms. The normalized spacial score (nSPS) is 10.6. The summed E-state index contributed by atoms with van der Waals surface area (Å²) in [5.74, 6) is -0.529. The van der Waals surface area contributed by atoms with E-state index in [1.807, 2.05) is 6.92 Å². The van der Waals surface area contributed by atoms with Crippen LogP contribution in [0.15, 0.2) is 18.2 Å². The Morgan fingerprint density at radius 2 is 2.28 bits per heavy atom. The molecule has 2 aromatic rings. The molecule has 0 amide bonds. The Balaban J connectivity index is 2.54. The van der Waals surface area contributed by atoms with Crippen molar-refractivity contribution in [3.8, 4) is 5.69 Å². The average molecular weight is 251 g/mol. The lowest BCUT2D eigenvalue weighted by atomic mass is 10.2. The van der Waals surface area contributed by atoms with Crippen molar-refractivity contribution >= 4 is 11.5 Å². The Bertz CT molecular complexity index is 610. The molecule has 0 aliphatic rings. The van der Waals surface area contributed by atoms with E-state index in [2.05, 4.69) is 10.3 Å². The van der Waals surface area contributed by atoms with Crippen LogP contribution in [0.1, 0.15) is 12.6 Å². The van der Waals surface area contributed by atoms with Crippen LogP contribution in [0.2, 0.25) is 0 Å². The Labute approximate surface area is 101 Å². The molecule has 1 aromatic carbocycles. The lowest BCUT2D eigenvalue weighted by molar-refractivity contribution is -0.385. The zero-order chi connectivity index (χ0) is 13.3. The first kappa shape index (κ1) is 12.0. The van der Waals surface area contributed by atoms with Gasteiger partial charge < -0.3 is 5.73 Å². The van der Waals surface area contributed by atoms with E-state index in [1.165, 1.54) is 16.8 Å². The number of anilines is 1. The van der Waals surface area contributed by atoms with Crippen LogP contribution in [0.5, 0.6) is 0 Å². The summed E-state index contributed by atoms with van der Waals surface area (Å²) in [5, 5.41) is 17.9. The van der Waals surface area contributed by atoms with E-state index < -0.39 is 10.7 Å². The first-order valence-corrected chi connectivity index (χ1v) is 5.19. The summed E-state index contributed by atoms with van der Waals surface area (Å²) in [7, 11) is 0. The minimum atomic E-state index is -0.746. The summed E-state index contributed by atoms with van der Waals surface area (Å²) in [6, 6.07) is 3.32. The molecule has 1 heterocycles. The van der Waals surface area contributed by atoms with Gasteiger partial charge >= 0.3 is 0 Å². The number of nitro groups is 1. The van der Waals surface area contributed by atoms with Gasteiger partial charge in [0.15, 0.2) is 11.6 Å². The fraction of sp³-hybridized carbons (Fsp3) is 0.200. The van der Waals surface area contributed by atoms with Gasteiger partial charge in [-0.1, -0.05) is 12.1 Å². The zero-order valence-electron chi connectivity index (χ0n) is 9.50. The molecular formula is C10H10FN5O2. The SMILES string of the molecule is CCc1c(N)nnn1-c1ccc([N+](=O)[O-])cc1F. The predicted octanol–water partition coefficient (Wildman–Crippen LogP) is 1.46.